The number of rotatable bonds is 2. The van der Waals surface area contributed by atoms with Gasteiger partial charge in [0.05, 0.1) is 12.7 Å². The molecule has 14 heavy (non-hydrogen) atoms. The molecule has 0 saturated carbocycles. The highest BCUT2D eigenvalue weighted by Gasteiger charge is 2.14. The molecule has 0 aromatic heterocycles. The van der Waals surface area contributed by atoms with Crippen molar-refractivity contribution in [3.8, 4) is 0 Å². The van der Waals surface area contributed by atoms with Crippen molar-refractivity contribution in [2.24, 2.45) is 0 Å². The van der Waals surface area contributed by atoms with Gasteiger partial charge in [0, 0.05) is 5.56 Å². The summed E-state index contributed by atoms with van der Waals surface area (Å²) in [6, 6.07) is 2.32. The summed E-state index contributed by atoms with van der Waals surface area (Å²) in [6.45, 7) is 1.62. The van der Waals surface area contributed by atoms with Gasteiger partial charge in [0.1, 0.15) is 12.1 Å². The summed E-state index contributed by atoms with van der Waals surface area (Å²) >= 11 is 0. The highest BCUT2D eigenvalue weighted by Crippen LogP contribution is 2.14. The predicted molar refractivity (Wildman–Crippen MR) is 47.9 cm³/mol. The van der Waals surface area contributed by atoms with Gasteiger partial charge >= 0.3 is 5.97 Å². The second-order valence-electron chi connectivity index (χ2n) is 2.80. The quantitative estimate of drug-likeness (QED) is 0.534. The van der Waals surface area contributed by atoms with Crippen molar-refractivity contribution in [1.82, 2.24) is 0 Å². The van der Waals surface area contributed by atoms with Crippen LogP contribution in [0.15, 0.2) is 12.1 Å². The summed E-state index contributed by atoms with van der Waals surface area (Å²) in [4.78, 5) is 21.5. The number of esters is 1. The Bertz CT molecular complexity index is 385. The summed E-state index contributed by atoms with van der Waals surface area (Å²) in [5.74, 6) is -1.49. The lowest BCUT2D eigenvalue weighted by Gasteiger charge is -2.04. The van der Waals surface area contributed by atoms with Gasteiger partial charge in [-0.05, 0) is 24.6 Å². The number of carbonyl (C=O) groups is 2. The van der Waals surface area contributed by atoms with Crippen LogP contribution in [0.5, 0.6) is 0 Å². The normalized spacial score (nSPS) is 9.64. The van der Waals surface area contributed by atoms with Gasteiger partial charge < -0.3 is 4.74 Å². The molecule has 0 spiro atoms. The van der Waals surface area contributed by atoms with Crippen molar-refractivity contribution < 1.29 is 18.7 Å². The lowest BCUT2D eigenvalue weighted by Crippen LogP contribution is -2.06. The molecule has 0 fully saturated rings. The van der Waals surface area contributed by atoms with Crippen LogP contribution in [-0.2, 0) is 4.74 Å². The molecular formula is C10H9FO3. The Balaban J connectivity index is 3.28. The fourth-order valence-electron chi connectivity index (χ4n) is 1.09. The van der Waals surface area contributed by atoms with E-state index in [1.165, 1.54) is 13.2 Å². The zero-order valence-electron chi connectivity index (χ0n) is 7.83. The van der Waals surface area contributed by atoms with E-state index in [1.807, 2.05) is 0 Å². The largest absolute Gasteiger partial charge is 0.465 e. The molecule has 1 aromatic carbocycles. The Morgan fingerprint density at radius 3 is 2.64 bits per heavy atom. The van der Waals surface area contributed by atoms with Gasteiger partial charge in [-0.3, -0.25) is 4.79 Å². The maximum Gasteiger partial charge on any atom is 0.340 e. The van der Waals surface area contributed by atoms with Gasteiger partial charge in [-0.2, -0.15) is 0 Å². The van der Waals surface area contributed by atoms with Gasteiger partial charge in [-0.15, -0.1) is 0 Å². The number of hydrogen-bond acceptors (Lipinski definition) is 3. The minimum Gasteiger partial charge on any atom is -0.465 e. The minimum absolute atomic E-state index is 0.157. The van der Waals surface area contributed by atoms with Crippen molar-refractivity contribution in [2.75, 3.05) is 7.11 Å². The zero-order chi connectivity index (χ0) is 10.7. The molecule has 3 nitrogen and oxygen atoms in total. The molecule has 1 aromatic rings. The van der Waals surface area contributed by atoms with E-state index < -0.39 is 11.8 Å². The van der Waals surface area contributed by atoms with Crippen LogP contribution in [0, 0.1) is 12.7 Å². The average molecular weight is 196 g/mol. The molecule has 0 aliphatic heterocycles. The van der Waals surface area contributed by atoms with E-state index in [4.69, 9.17) is 0 Å². The first-order valence-electron chi connectivity index (χ1n) is 3.93. The zero-order valence-corrected chi connectivity index (χ0v) is 7.83. The van der Waals surface area contributed by atoms with E-state index in [0.717, 1.165) is 6.07 Å². The molecule has 0 saturated heterocycles. The van der Waals surface area contributed by atoms with Crippen LogP contribution in [0.4, 0.5) is 4.39 Å². The molecule has 0 radical (unpaired) electrons. The van der Waals surface area contributed by atoms with Crippen molar-refractivity contribution in [3.63, 3.8) is 0 Å². The SMILES string of the molecule is COC(=O)c1cc(C)c(C=O)cc1F. The minimum atomic E-state index is -0.747. The van der Waals surface area contributed by atoms with E-state index >= 15 is 0 Å². The number of halogens is 1. The highest BCUT2D eigenvalue weighted by molar-refractivity contribution is 5.91. The second kappa shape index (κ2) is 4.00. The summed E-state index contributed by atoms with van der Waals surface area (Å²) in [5, 5.41) is 0. The van der Waals surface area contributed by atoms with Gasteiger partial charge in [-0.25, -0.2) is 9.18 Å². The van der Waals surface area contributed by atoms with Crippen LogP contribution in [0.1, 0.15) is 26.3 Å². The smallest absolute Gasteiger partial charge is 0.340 e. The molecule has 0 aliphatic carbocycles. The number of ether oxygens (including phenoxy) is 1. The molecular weight excluding hydrogens is 187 g/mol. The third kappa shape index (κ3) is 1.79. The Morgan fingerprint density at radius 2 is 2.14 bits per heavy atom. The van der Waals surface area contributed by atoms with E-state index in [2.05, 4.69) is 4.74 Å². The molecule has 0 unspecified atom stereocenters. The summed E-state index contributed by atoms with van der Waals surface area (Å²) in [5.41, 5.74) is 0.618. The predicted octanol–water partition coefficient (Wildman–Crippen LogP) is 1.73. The van der Waals surface area contributed by atoms with Gasteiger partial charge in [0.25, 0.3) is 0 Å². The van der Waals surface area contributed by atoms with E-state index in [9.17, 15) is 14.0 Å². The maximum atomic E-state index is 13.2. The molecule has 0 N–H and O–H groups in total. The second-order valence-corrected chi connectivity index (χ2v) is 2.80. The van der Waals surface area contributed by atoms with Crippen molar-refractivity contribution in [3.05, 3.63) is 34.6 Å². The van der Waals surface area contributed by atoms with Crippen LogP contribution in [0.3, 0.4) is 0 Å². The molecule has 0 atom stereocenters. The fraction of sp³-hybridized carbons (Fsp3) is 0.200. The van der Waals surface area contributed by atoms with Crippen LogP contribution in [0.2, 0.25) is 0 Å². The monoisotopic (exact) mass is 196 g/mol. The summed E-state index contributed by atoms with van der Waals surface area (Å²) < 4.78 is 17.6. The van der Waals surface area contributed by atoms with Gasteiger partial charge in [0.2, 0.25) is 0 Å². The van der Waals surface area contributed by atoms with Gasteiger partial charge in [0.15, 0.2) is 0 Å². The van der Waals surface area contributed by atoms with Gasteiger partial charge in [-0.1, -0.05) is 0 Å². The Labute approximate surface area is 80.5 Å². The number of aryl methyl sites for hydroxylation is 1. The standard InChI is InChI=1S/C10H9FO3/c1-6-3-8(10(13)14-2)9(11)4-7(6)5-12/h3-5H,1-2H3. The van der Waals surface area contributed by atoms with Crippen LogP contribution in [0.25, 0.3) is 0 Å². The average Bonchev–Trinajstić information content (AvgIpc) is 2.19. The number of hydrogen-bond donors (Lipinski definition) is 0. The molecule has 0 amide bonds. The number of benzene rings is 1. The third-order valence-corrected chi connectivity index (χ3v) is 1.89. The van der Waals surface area contributed by atoms with Crippen LogP contribution >= 0.6 is 0 Å². The van der Waals surface area contributed by atoms with Crippen molar-refractivity contribution >= 4 is 12.3 Å². The molecule has 0 aliphatic rings. The maximum absolute atomic E-state index is 13.2. The van der Waals surface area contributed by atoms with Crippen molar-refractivity contribution in [1.29, 1.82) is 0 Å². The molecule has 4 heteroatoms. The fourth-order valence-corrected chi connectivity index (χ4v) is 1.09. The lowest BCUT2D eigenvalue weighted by molar-refractivity contribution is 0.0595. The lowest BCUT2D eigenvalue weighted by atomic mass is 10.1. The number of methoxy groups -OCH3 is 1. The number of carbonyl (C=O) groups excluding carboxylic acids is 2. The van der Waals surface area contributed by atoms with E-state index in [0.29, 0.717) is 11.8 Å². The first-order valence-corrected chi connectivity index (χ1v) is 3.93. The third-order valence-electron chi connectivity index (χ3n) is 1.89. The van der Waals surface area contributed by atoms with Crippen LogP contribution < -0.4 is 0 Å². The molecule has 1 rings (SSSR count). The first kappa shape index (κ1) is 10.4. The Kier molecular flexibility index (Phi) is 2.96. The molecule has 0 bridgehead atoms. The topological polar surface area (TPSA) is 43.4 Å². The summed E-state index contributed by atoms with van der Waals surface area (Å²) in [7, 11) is 1.17. The highest BCUT2D eigenvalue weighted by atomic mass is 19.1. The van der Waals surface area contributed by atoms with Crippen LogP contribution in [-0.4, -0.2) is 19.4 Å². The van der Waals surface area contributed by atoms with E-state index in [-0.39, 0.29) is 11.1 Å². The Morgan fingerprint density at radius 1 is 1.50 bits per heavy atom. The molecule has 74 valence electrons. The Hall–Kier alpha value is -1.71. The number of aldehydes is 1. The summed E-state index contributed by atoms with van der Waals surface area (Å²) in [6.07, 6.45) is 0.541. The first-order chi connectivity index (χ1) is 6.60. The molecule has 0 heterocycles. The van der Waals surface area contributed by atoms with E-state index in [1.54, 1.807) is 6.92 Å². The van der Waals surface area contributed by atoms with Crippen molar-refractivity contribution in [2.45, 2.75) is 6.92 Å².